The highest BCUT2D eigenvalue weighted by atomic mass is 35.5. The molecule has 14 heavy (non-hydrogen) atoms. The van der Waals surface area contributed by atoms with Gasteiger partial charge in [-0.1, -0.05) is 23.7 Å². The first-order chi connectivity index (χ1) is 6.38. The molecule has 0 radical (unpaired) electrons. The van der Waals surface area contributed by atoms with Crippen molar-refractivity contribution in [2.45, 2.75) is 39.3 Å². The zero-order chi connectivity index (χ0) is 10.8. The van der Waals surface area contributed by atoms with Gasteiger partial charge in [-0.2, -0.15) is 0 Å². The van der Waals surface area contributed by atoms with Gasteiger partial charge in [-0.05, 0) is 45.4 Å². The van der Waals surface area contributed by atoms with Gasteiger partial charge in [-0.15, -0.1) is 0 Å². The van der Waals surface area contributed by atoms with Gasteiger partial charge < -0.3 is 5.32 Å². The van der Waals surface area contributed by atoms with Crippen molar-refractivity contribution in [2.24, 2.45) is 0 Å². The lowest BCUT2D eigenvalue weighted by Crippen LogP contribution is -2.37. The molecular formula is C12H18ClN. The first kappa shape index (κ1) is 11.5. The highest BCUT2D eigenvalue weighted by Gasteiger charge is 2.14. The van der Waals surface area contributed by atoms with E-state index in [4.69, 9.17) is 11.6 Å². The van der Waals surface area contributed by atoms with Crippen LogP contribution in [0.2, 0.25) is 5.02 Å². The molecule has 0 aliphatic rings. The predicted molar refractivity (Wildman–Crippen MR) is 62.8 cm³/mol. The van der Waals surface area contributed by atoms with E-state index in [9.17, 15) is 0 Å². The largest absolute Gasteiger partial charge is 0.306 e. The van der Waals surface area contributed by atoms with Crippen molar-refractivity contribution < 1.29 is 0 Å². The number of nitrogens with one attached hydrogen (secondary N) is 1. The molecule has 1 N–H and O–H groups in total. The lowest BCUT2D eigenvalue weighted by Gasteiger charge is -2.26. The van der Waals surface area contributed by atoms with Gasteiger partial charge in [0.15, 0.2) is 0 Å². The van der Waals surface area contributed by atoms with Gasteiger partial charge in [0.1, 0.15) is 0 Å². The van der Waals surface area contributed by atoms with E-state index >= 15 is 0 Å². The lowest BCUT2D eigenvalue weighted by atomic mass is 10.0. The molecule has 1 unspecified atom stereocenters. The highest BCUT2D eigenvalue weighted by Crippen LogP contribution is 2.19. The number of rotatable bonds is 2. The summed E-state index contributed by atoms with van der Waals surface area (Å²) in [6.07, 6.45) is 0. The second-order valence-corrected chi connectivity index (χ2v) is 5.11. The molecule has 0 heterocycles. The Hall–Kier alpha value is -0.530. The number of benzene rings is 1. The van der Waals surface area contributed by atoms with Gasteiger partial charge in [-0.3, -0.25) is 0 Å². The minimum Gasteiger partial charge on any atom is -0.306 e. The molecule has 0 aromatic heterocycles. The Labute approximate surface area is 91.5 Å². The topological polar surface area (TPSA) is 12.0 Å². The molecule has 1 aromatic carbocycles. The monoisotopic (exact) mass is 211 g/mol. The third-order valence-electron chi connectivity index (χ3n) is 2.00. The van der Waals surface area contributed by atoms with Crippen molar-refractivity contribution in [3.8, 4) is 0 Å². The van der Waals surface area contributed by atoms with Crippen LogP contribution in [0.25, 0.3) is 0 Å². The fraction of sp³-hybridized carbons (Fsp3) is 0.500. The average Bonchev–Trinajstić information content (AvgIpc) is 2.01. The molecule has 1 rings (SSSR count). The van der Waals surface area contributed by atoms with E-state index < -0.39 is 0 Å². The summed E-state index contributed by atoms with van der Waals surface area (Å²) in [7, 11) is 0. The van der Waals surface area contributed by atoms with Gasteiger partial charge >= 0.3 is 0 Å². The standard InChI is InChI=1S/C12H18ClN/c1-9(14-12(2,3)4)10-6-5-7-11(13)8-10/h5-9,14H,1-4H3. The van der Waals surface area contributed by atoms with Gasteiger partial charge in [-0.25, -0.2) is 0 Å². The van der Waals surface area contributed by atoms with E-state index in [1.807, 2.05) is 18.2 Å². The van der Waals surface area contributed by atoms with Crippen LogP contribution in [0.5, 0.6) is 0 Å². The molecule has 0 aliphatic heterocycles. The van der Waals surface area contributed by atoms with Crippen molar-refractivity contribution in [2.75, 3.05) is 0 Å². The average molecular weight is 212 g/mol. The van der Waals surface area contributed by atoms with Crippen LogP contribution in [0.15, 0.2) is 24.3 Å². The van der Waals surface area contributed by atoms with E-state index in [-0.39, 0.29) is 5.54 Å². The van der Waals surface area contributed by atoms with Crippen molar-refractivity contribution >= 4 is 11.6 Å². The molecule has 0 saturated heterocycles. The molecule has 0 amide bonds. The summed E-state index contributed by atoms with van der Waals surface area (Å²) < 4.78 is 0. The van der Waals surface area contributed by atoms with Gasteiger partial charge in [0, 0.05) is 16.6 Å². The highest BCUT2D eigenvalue weighted by molar-refractivity contribution is 6.30. The van der Waals surface area contributed by atoms with Crippen LogP contribution in [0, 0.1) is 0 Å². The number of hydrogen-bond donors (Lipinski definition) is 1. The fourth-order valence-electron chi connectivity index (χ4n) is 1.51. The normalized spacial score (nSPS) is 14.1. The van der Waals surface area contributed by atoms with Gasteiger partial charge in [0.25, 0.3) is 0 Å². The second-order valence-electron chi connectivity index (χ2n) is 4.67. The SMILES string of the molecule is CC(NC(C)(C)C)c1cccc(Cl)c1. The van der Waals surface area contributed by atoms with E-state index in [1.54, 1.807) is 0 Å². The molecule has 0 aliphatic carbocycles. The van der Waals surface area contributed by atoms with Gasteiger partial charge in [0.2, 0.25) is 0 Å². The third-order valence-corrected chi connectivity index (χ3v) is 2.23. The Morgan fingerprint density at radius 3 is 2.43 bits per heavy atom. The molecule has 1 atom stereocenters. The molecule has 0 spiro atoms. The minimum absolute atomic E-state index is 0.127. The molecule has 0 saturated carbocycles. The zero-order valence-electron chi connectivity index (χ0n) is 9.26. The van der Waals surface area contributed by atoms with Crippen LogP contribution >= 0.6 is 11.6 Å². The Morgan fingerprint density at radius 1 is 1.29 bits per heavy atom. The van der Waals surface area contributed by atoms with Gasteiger partial charge in [0.05, 0.1) is 0 Å². The van der Waals surface area contributed by atoms with Crippen LogP contribution in [0.3, 0.4) is 0 Å². The summed E-state index contributed by atoms with van der Waals surface area (Å²) >= 11 is 5.93. The summed E-state index contributed by atoms with van der Waals surface area (Å²) in [5.41, 5.74) is 1.36. The first-order valence-corrected chi connectivity index (χ1v) is 5.29. The van der Waals surface area contributed by atoms with Crippen molar-refractivity contribution in [1.29, 1.82) is 0 Å². The summed E-state index contributed by atoms with van der Waals surface area (Å²) in [6.45, 7) is 8.63. The Balaban J connectivity index is 2.74. The number of hydrogen-bond acceptors (Lipinski definition) is 1. The lowest BCUT2D eigenvalue weighted by molar-refractivity contribution is 0.378. The van der Waals surface area contributed by atoms with Crippen molar-refractivity contribution in [1.82, 2.24) is 5.32 Å². The molecule has 1 aromatic rings. The van der Waals surface area contributed by atoms with E-state index in [0.29, 0.717) is 6.04 Å². The molecular weight excluding hydrogens is 194 g/mol. The Morgan fingerprint density at radius 2 is 1.93 bits per heavy atom. The van der Waals surface area contributed by atoms with E-state index in [2.05, 4.69) is 39.1 Å². The Kier molecular flexibility index (Phi) is 3.57. The fourth-order valence-corrected chi connectivity index (χ4v) is 1.71. The quantitative estimate of drug-likeness (QED) is 0.785. The summed E-state index contributed by atoms with van der Waals surface area (Å²) in [6, 6.07) is 8.31. The van der Waals surface area contributed by atoms with Crippen LogP contribution in [-0.4, -0.2) is 5.54 Å². The molecule has 0 fully saturated rings. The maximum absolute atomic E-state index is 5.93. The number of halogens is 1. The molecule has 0 bridgehead atoms. The third kappa shape index (κ3) is 3.69. The van der Waals surface area contributed by atoms with Crippen LogP contribution in [-0.2, 0) is 0 Å². The smallest absolute Gasteiger partial charge is 0.0409 e. The zero-order valence-corrected chi connectivity index (χ0v) is 10.0. The summed E-state index contributed by atoms with van der Waals surface area (Å²) in [5, 5.41) is 4.30. The predicted octanol–water partition coefficient (Wildman–Crippen LogP) is 3.79. The summed E-state index contributed by atoms with van der Waals surface area (Å²) in [5.74, 6) is 0. The van der Waals surface area contributed by atoms with Crippen LogP contribution < -0.4 is 5.32 Å². The Bertz CT molecular complexity index is 301. The summed E-state index contributed by atoms with van der Waals surface area (Å²) in [4.78, 5) is 0. The molecule has 2 heteroatoms. The first-order valence-electron chi connectivity index (χ1n) is 4.92. The molecule has 78 valence electrons. The van der Waals surface area contributed by atoms with Crippen molar-refractivity contribution in [3.05, 3.63) is 34.9 Å². The maximum atomic E-state index is 5.93. The van der Waals surface area contributed by atoms with Crippen LogP contribution in [0.4, 0.5) is 0 Å². The molecule has 1 nitrogen and oxygen atoms in total. The van der Waals surface area contributed by atoms with E-state index in [0.717, 1.165) is 5.02 Å². The van der Waals surface area contributed by atoms with Crippen molar-refractivity contribution in [3.63, 3.8) is 0 Å². The minimum atomic E-state index is 0.127. The maximum Gasteiger partial charge on any atom is 0.0409 e. The van der Waals surface area contributed by atoms with Crippen LogP contribution in [0.1, 0.15) is 39.3 Å². The van der Waals surface area contributed by atoms with E-state index in [1.165, 1.54) is 5.56 Å². The second kappa shape index (κ2) is 4.33.